The number of carbonyl (C=O) groups excluding carboxylic acids is 1. The molecule has 0 aliphatic carbocycles. The van der Waals surface area contributed by atoms with Crippen molar-refractivity contribution in [3.8, 4) is 5.69 Å². The normalized spacial score (nSPS) is 12.2. The molecule has 146 valence electrons. The number of aromatic nitrogens is 3. The van der Waals surface area contributed by atoms with Crippen molar-refractivity contribution in [3.63, 3.8) is 0 Å². The fraction of sp³-hybridized carbons (Fsp3) is 0.286. The van der Waals surface area contributed by atoms with E-state index >= 15 is 0 Å². The molecule has 28 heavy (non-hydrogen) atoms. The second-order valence-corrected chi connectivity index (χ2v) is 8.24. The molecule has 1 amide bonds. The molecule has 1 N–H and O–H groups in total. The first-order valence-corrected chi connectivity index (χ1v) is 10.5. The number of nitrogens with zero attached hydrogens (tertiary/aromatic N) is 3. The zero-order valence-corrected chi connectivity index (χ0v) is 17.7. The highest BCUT2D eigenvalue weighted by atomic mass is 35.5. The first kappa shape index (κ1) is 20.4. The fourth-order valence-corrected chi connectivity index (χ4v) is 3.72. The van der Waals surface area contributed by atoms with Crippen molar-refractivity contribution in [2.24, 2.45) is 0 Å². The van der Waals surface area contributed by atoms with Crippen LogP contribution >= 0.6 is 23.4 Å². The Balaban J connectivity index is 1.58. The summed E-state index contributed by atoms with van der Waals surface area (Å²) in [6, 6.07) is 15.7. The van der Waals surface area contributed by atoms with Crippen LogP contribution in [0, 0.1) is 0 Å². The molecule has 0 aliphatic heterocycles. The Morgan fingerprint density at radius 2 is 1.86 bits per heavy atom. The molecular formula is C21H23ClN4OS. The molecule has 0 saturated heterocycles. The van der Waals surface area contributed by atoms with Gasteiger partial charge in [0, 0.05) is 5.02 Å². The van der Waals surface area contributed by atoms with E-state index in [-0.39, 0.29) is 17.7 Å². The van der Waals surface area contributed by atoms with Crippen LogP contribution in [0.1, 0.15) is 43.9 Å². The minimum absolute atomic E-state index is 0.0499. The van der Waals surface area contributed by atoms with Gasteiger partial charge in [0.25, 0.3) is 0 Å². The van der Waals surface area contributed by atoms with Crippen LogP contribution in [0.15, 0.2) is 60.0 Å². The average molecular weight is 415 g/mol. The number of benzene rings is 2. The number of nitrogens with one attached hydrogen (secondary N) is 1. The molecule has 1 heterocycles. The quantitative estimate of drug-likeness (QED) is 0.552. The topological polar surface area (TPSA) is 59.8 Å². The van der Waals surface area contributed by atoms with E-state index in [0.29, 0.717) is 16.1 Å². The van der Waals surface area contributed by atoms with E-state index in [1.165, 1.54) is 17.3 Å². The van der Waals surface area contributed by atoms with Crippen LogP contribution < -0.4 is 5.32 Å². The maximum Gasteiger partial charge on any atom is 0.230 e. The summed E-state index contributed by atoms with van der Waals surface area (Å²) in [5.41, 5.74) is 3.24. The van der Waals surface area contributed by atoms with Crippen LogP contribution in [0.3, 0.4) is 0 Å². The molecule has 0 aliphatic rings. The Hall–Kier alpha value is -2.31. The molecule has 0 saturated carbocycles. The van der Waals surface area contributed by atoms with Gasteiger partial charge in [-0.25, -0.2) is 0 Å². The highest BCUT2D eigenvalue weighted by molar-refractivity contribution is 7.99. The van der Waals surface area contributed by atoms with Crippen molar-refractivity contribution in [3.05, 3.63) is 71.0 Å². The molecule has 1 unspecified atom stereocenters. The lowest BCUT2D eigenvalue weighted by Gasteiger charge is -2.15. The molecule has 0 spiro atoms. The number of carbonyl (C=O) groups is 1. The highest BCUT2D eigenvalue weighted by Gasteiger charge is 2.13. The van der Waals surface area contributed by atoms with Crippen molar-refractivity contribution in [1.82, 2.24) is 20.1 Å². The third-order valence-corrected chi connectivity index (χ3v) is 5.59. The Labute approximate surface area is 174 Å². The van der Waals surface area contributed by atoms with Crippen LogP contribution in [0.2, 0.25) is 5.02 Å². The summed E-state index contributed by atoms with van der Waals surface area (Å²) in [5.74, 6) is 0.700. The Morgan fingerprint density at radius 1 is 1.14 bits per heavy atom. The highest BCUT2D eigenvalue weighted by Crippen LogP contribution is 2.22. The first-order chi connectivity index (χ1) is 13.4. The Kier molecular flexibility index (Phi) is 6.75. The van der Waals surface area contributed by atoms with Crippen molar-refractivity contribution in [1.29, 1.82) is 0 Å². The van der Waals surface area contributed by atoms with E-state index in [9.17, 15) is 4.79 Å². The smallest absolute Gasteiger partial charge is 0.230 e. The maximum absolute atomic E-state index is 12.4. The molecule has 0 bridgehead atoms. The first-order valence-electron chi connectivity index (χ1n) is 9.12. The lowest BCUT2D eigenvalue weighted by atomic mass is 10.00. The SMILES string of the molecule is CC(C)c1ccc(C(C)NC(=O)CSc2nncn2-c2cccc(Cl)c2)cc1. The molecule has 3 aromatic rings. The van der Waals surface area contributed by atoms with Gasteiger partial charge >= 0.3 is 0 Å². The lowest BCUT2D eigenvalue weighted by Crippen LogP contribution is -2.28. The van der Waals surface area contributed by atoms with Crippen LogP contribution in [0.5, 0.6) is 0 Å². The summed E-state index contributed by atoms with van der Waals surface area (Å²) in [5, 5.41) is 12.4. The van der Waals surface area contributed by atoms with Gasteiger partial charge in [-0.3, -0.25) is 9.36 Å². The summed E-state index contributed by atoms with van der Waals surface area (Å²) in [7, 11) is 0. The van der Waals surface area contributed by atoms with E-state index in [1.807, 2.05) is 35.8 Å². The minimum Gasteiger partial charge on any atom is -0.349 e. The van der Waals surface area contributed by atoms with Crippen molar-refractivity contribution in [2.75, 3.05) is 5.75 Å². The van der Waals surface area contributed by atoms with E-state index in [2.05, 4.69) is 53.6 Å². The van der Waals surface area contributed by atoms with Gasteiger partial charge in [-0.15, -0.1) is 10.2 Å². The van der Waals surface area contributed by atoms with Crippen molar-refractivity contribution in [2.45, 2.75) is 37.9 Å². The standard InChI is InChI=1S/C21H23ClN4OS/c1-14(2)16-7-9-17(10-8-16)15(3)24-20(27)12-28-21-25-23-13-26(21)19-6-4-5-18(22)11-19/h4-11,13-15H,12H2,1-3H3,(H,24,27). The molecule has 0 radical (unpaired) electrons. The maximum atomic E-state index is 12.4. The second kappa shape index (κ2) is 9.26. The number of hydrogen-bond donors (Lipinski definition) is 1. The summed E-state index contributed by atoms with van der Waals surface area (Å²) in [6.07, 6.45) is 1.62. The van der Waals surface area contributed by atoms with Gasteiger partial charge in [0.15, 0.2) is 5.16 Å². The van der Waals surface area contributed by atoms with Gasteiger partial charge < -0.3 is 5.32 Å². The van der Waals surface area contributed by atoms with Crippen molar-refractivity contribution >= 4 is 29.3 Å². The lowest BCUT2D eigenvalue weighted by molar-refractivity contribution is -0.119. The number of rotatable bonds is 7. The van der Waals surface area contributed by atoms with Crippen LogP contribution in [-0.4, -0.2) is 26.4 Å². The molecule has 0 fully saturated rings. The fourth-order valence-electron chi connectivity index (χ4n) is 2.79. The van der Waals surface area contributed by atoms with E-state index in [0.717, 1.165) is 11.3 Å². The van der Waals surface area contributed by atoms with Gasteiger partial charge in [0.1, 0.15) is 6.33 Å². The monoisotopic (exact) mass is 414 g/mol. The van der Waals surface area contributed by atoms with Gasteiger partial charge in [-0.1, -0.05) is 67.5 Å². The number of thioether (sulfide) groups is 1. The van der Waals surface area contributed by atoms with E-state index in [1.54, 1.807) is 6.33 Å². The summed E-state index contributed by atoms with van der Waals surface area (Å²) in [4.78, 5) is 12.4. The van der Waals surface area contributed by atoms with Crippen LogP contribution in [0.4, 0.5) is 0 Å². The third kappa shape index (κ3) is 5.14. The molecule has 3 rings (SSSR count). The summed E-state index contributed by atoms with van der Waals surface area (Å²) >= 11 is 7.40. The predicted octanol–water partition coefficient (Wildman–Crippen LogP) is 5.01. The average Bonchev–Trinajstić information content (AvgIpc) is 3.15. The molecule has 5 nitrogen and oxygen atoms in total. The summed E-state index contributed by atoms with van der Waals surface area (Å²) < 4.78 is 1.82. The van der Waals surface area contributed by atoms with Gasteiger partial charge in [0.2, 0.25) is 5.91 Å². The van der Waals surface area contributed by atoms with Gasteiger partial charge in [-0.05, 0) is 42.2 Å². The third-order valence-electron chi connectivity index (χ3n) is 4.42. The van der Waals surface area contributed by atoms with Crippen LogP contribution in [-0.2, 0) is 4.79 Å². The van der Waals surface area contributed by atoms with Gasteiger partial charge in [-0.2, -0.15) is 0 Å². The van der Waals surface area contributed by atoms with Gasteiger partial charge in [0.05, 0.1) is 17.5 Å². The number of halogens is 1. The zero-order chi connectivity index (χ0) is 20.1. The van der Waals surface area contributed by atoms with E-state index in [4.69, 9.17) is 11.6 Å². The zero-order valence-electron chi connectivity index (χ0n) is 16.1. The molecule has 1 aromatic heterocycles. The predicted molar refractivity (Wildman–Crippen MR) is 114 cm³/mol. The van der Waals surface area contributed by atoms with Crippen molar-refractivity contribution < 1.29 is 4.79 Å². The van der Waals surface area contributed by atoms with E-state index < -0.39 is 0 Å². The minimum atomic E-state index is -0.0555. The molecule has 2 aromatic carbocycles. The molecule has 7 heteroatoms. The summed E-state index contributed by atoms with van der Waals surface area (Å²) in [6.45, 7) is 6.32. The largest absolute Gasteiger partial charge is 0.349 e. The van der Waals surface area contributed by atoms with Crippen LogP contribution in [0.25, 0.3) is 5.69 Å². The second-order valence-electron chi connectivity index (χ2n) is 6.86. The Bertz CT molecular complexity index is 940. The number of amides is 1. The Morgan fingerprint density at radius 3 is 2.54 bits per heavy atom. The number of hydrogen-bond acceptors (Lipinski definition) is 4. The molecule has 1 atom stereocenters. The molecular weight excluding hydrogens is 392 g/mol.